The zero-order valence-electron chi connectivity index (χ0n) is 11.0. The van der Waals surface area contributed by atoms with Crippen molar-refractivity contribution >= 4 is 11.9 Å². The Bertz CT molecular complexity index is 393. The first-order valence-corrected chi connectivity index (χ1v) is 5.21. The maximum Gasteiger partial charge on any atom is 0.333 e. The van der Waals surface area contributed by atoms with Crippen LogP contribution in [0, 0.1) is 0 Å². The number of aliphatic carboxylic acids is 2. The summed E-state index contributed by atoms with van der Waals surface area (Å²) < 4.78 is 0. The lowest BCUT2D eigenvalue weighted by atomic mass is 9.95. The van der Waals surface area contributed by atoms with Crippen molar-refractivity contribution in [3.05, 3.63) is 24.3 Å². The number of carboxylic acid groups (broad SMARTS) is 2. The molecule has 0 aliphatic heterocycles. The normalized spacial score (nSPS) is 12.4. The fraction of sp³-hybridized carbons (Fsp3) is 0.500. The Hall–Kier alpha value is -1.98. The maximum absolute atomic E-state index is 10.8. The van der Waals surface area contributed by atoms with Crippen LogP contribution in [0.25, 0.3) is 0 Å². The lowest BCUT2D eigenvalue weighted by Crippen LogP contribution is -2.28. The molecule has 0 aromatic carbocycles. The smallest absolute Gasteiger partial charge is 0.333 e. The first-order valence-electron chi connectivity index (χ1n) is 5.21. The summed E-state index contributed by atoms with van der Waals surface area (Å²) >= 11 is 0. The molecule has 0 unspecified atom stereocenters. The first kappa shape index (κ1) is 16.0. The highest BCUT2D eigenvalue weighted by Gasteiger charge is 2.30. The molecule has 100 valence electrons. The third-order valence-corrected chi connectivity index (χ3v) is 2.54. The van der Waals surface area contributed by atoms with Crippen LogP contribution in [0.5, 0.6) is 0 Å². The highest BCUT2D eigenvalue weighted by molar-refractivity contribution is 5.89. The van der Waals surface area contributed by atoms with Crippen LogP contribution in [0.2, 0.25) is 0 Å². The van der Waals surface area contributed by atoms with Gasteiger partial charge in [-0.25, -0.2) is 9.59 Å². The van der Waals surface area contributed by atoms with Gasteiger partial charge in [0, 0.05) is 0 Å². The third-order valence-electron chi connectivity index (χ3n) is 2.54. The van der Waals surface area contributed by atoms with Gasteiger partial charge in [0.25, 0.3) is 0 Å². The lowest BCUT2D eigenvalue weighted by Gasteiger charge is -2.23. The maximum atomic E-state index is 10.8. The molecule has 0 aliphatic rings. The summed E-state index contributed by atoms with van der Waals surface area (Å²) in [5, 5.41) is 25.4. The second kappa shape index (κ2) is 5.12. The molecule has 2 N–H and O–H groups in total. The van der Waals surface area contributed by atoms with Gasteiger partial charge in [-0.1, -0.05) is 13.2 Å². The summed E-state index contributed by atoms with van der Waals surface area (Å²) in [6, 6.07) is 0. The van der Waals surface area contributed by atoms with E-state index in [-0.39, 0.29) is 11.1 Å². The van der Waals surface area contributed by atoms with Gasteiger partial charge in [-0.2, -0.15) is 10.2 Å². The molecule has 0 amide bonds. The molecular formula is C12H18N2O4. The van der Waals surface area contributed by atoms with Crippen LogP contribution in [-0.2, 0) is 9.59 Å². The van der Waals surface area contributed by atoms with Gasteiger partial charge in [0.2, 0.25) is 0 Å². The Balaban J connectivity index is 5.16. The number of azo groups is 1. The van der Waals surface area contributed by atoms with Crippen LogP contribution in [0.3, 0.4) is 0 Å². The Morgan fingerprint density at radius 2 is 1.06 bits per heavy atom. The molecular weight excluding hydrogens is 236 g/mol. The van der Waals surface area contributed by atoms with E-state index in [0.29, 0.717) is 0 Å². The van der Waals surface area contributed by atoms with E-state index in [1.54, 1.807) is 0 Å². The molecule has 0 radical (unpaired) electrons. The molecule has 0 atom stereocenters. The molecule has 0 bridgehead atoms. The number of nitrogens with zero attached hydrogens (tertiary/aromatic N) is 2. The van der Waals surface area contributed by atoms with E-state index < -0.39 is 23.0 Å². The molecule has 6 nitrogen and oxygen atoms in total. The van der Waals surface area contributed by atoms with Crippen LogP contribution in [0.15, 0.2) is 34.5 Å². The fourth-order valence-electron chi connectivity index (χ4n) is 0.894. The van der Waals surface area contributed by atoms with E-state index >= 15 is 0 Å². The van der Waals surface area contributed by atoms with E-state index in [1.807, 2.05) is 0 Å². The monoisotopic (exact) mass is 254 g/mol. The highest BCUT2D eigenvalue weighted by Crippen LogP contribution is 2.25. The Morgan fingerprint density at radius 1 is 0.833 bits per heavy atom. The topological polar surface area (TPSA) is 99.3 Å². The van der Waals surface area contributed by atoms with Crippen LogP contribution < -0.4 is 0 Å². The largest absolute Gasteiger partial charge is 0.478 e. The van der Waals surface area contributed by atoms with Crippen molar-refractivity contribution in [1.82, 2.24) is 0 Å². The molecule has 0 heterocycles. The minimum atomic E-state index is -1.17. The van der Waals surface area contributed by atoms with Gasteiger partial charge >= 0.3 is 11.9 Å². The van der Waals surface area contributed by atoms with Gasteiger partial charge in [-0.15, -0.1) is 0 Å². The van der Waals surface area contributed by atoms with Crippen molar-refractivity contribution < 1.29 is 19.8 Å². The summed E-state index contributed by atoms with van der Waals surface area (Å²) in [5.41, 5.74) is -2.46. The van der Waals surface area contributed by atoms with Gasteiger partial charge in [0.1, 0.15) is 11.1 Å². The van der Waals surface area contributed by atoms with Crippen LogP contribution in [0.4, 0.5) is 0 Å². The average molecular weight is 254 g/mol. The van der Waals surface area contributed by atoms with Gasteiger partial charge in [-0.05, 0) is 27.7 Å². The van der Waals surface area contributed by atoms with Crippen molar-refractivity contribution in [3.63, 3.8) is 0 Å². The second-order valence-corrected chi connectivity index (χ2v) is 4.89. The predicted octanol–water partition coefficient (Wildman–Crippen LogP) is 2.28. The molecule has 0 saturated carbocycles. The minimum Gasteiger partial charge on any atom is -0.478 e. The van der Waals surface area contributed by atoms with Crippen molar-refractivity contribution in [1.29, 1.82) is 0 Å². The average Bonchev–Trinajstić information content (AvgIpc) is 2.24. The molecule has 0 aliphatic carbocycles. The van der Waals surface area contributed by atoms with Gasteiger partial charge in [0.05, 0.1) is 11.1 Å². The first-order chi connectivity index (χ1) is 7.92. The van der Waals surface area contributed by atoms with Crippen LogP contribution in [-0.4, -0.2) is 33.2 Å². The van der Waals surface area contributed by atoms with E-state index in [0.717, 1.165) is 0 Å². The summed E-state index contributed by atoms with van der Waals surface area (Å²) in [4.78, 5) is 21.6. The quantitative estimate of drug-likeness (QED) is 0.561. The lowest BCUT2D eigenvalue weighted by molar-refractivity contribution is -0.134. The second-order valence-electron chi connectivity index (χ2n) is 4.89. The van der Waals surface area contributed by atoms with Gasteiger partial charge in [-0.3, -0.25) is 0 Å². The number of carboxylic acids is 2. The summed E-state index contributed by atoms with van der Waals surface area (Å²) in [6.45, 7) is 13.0. The van der Waals surface area contributed by atoms with Crippen molar-refractivity contribution in [2.24, 2.45) is 10.2 Å². The molecule has 18 heavy (non-hydrogen) atoms. The molecule has 0 saturated heterocycles. The van der Waals surface area contributed by atoms with E-state index in [4.69, 9.17) is 10.2 Å². The molecule has 0 aromatic rings. The zero-order valence-corrected chi connectivity index (χ0v) is 11.0. The van der Waals surface area contributed by atoms with Crippen LogP contribution >= 0.6 is 0 Å². The van der Waals surface area contributed by atoms with Crippen molar-refractivity contribution in [2.75, 3.05) is 0 Å². The fourth-order valence-corrected chi connectivity index (χ4v) is 0.894. The van der Waals surface area contributed by atoms with E-state index in [2.05, 4.69) is 23.4 Å². The van der Waals surface area contributed by atoms with Gasteiger partial charge < -0.3 is 10.2 Å². The molecule has 0 aromatic heterocycles. The number of carbonyl (C=O) groups is 2. The Labute approximate surface area is 106 Å². The Kier molecular flexibility index (Phi) is 4.55. The van der Waals surface area contributed by atoms with Crippen LogP contribution in [0.1, 0.15) is 27.7 Å². The SMILES string of the molecule is C=C(C(=O)O)C(C)(C)N=NC(C)(C)C(=C)C(=O)O. The van der Waals surface area contributed by atoms with Crippen molar-refractivity contribution in [3.8, 4) is 0 Å². The summed E-state index contributed by atoms with van der Waals surface area (Å²) in [7, 11) is 0. The third kappa shape index (κ3) is 3.80. The molecule has 0 spiro atoms. The Morgan fingerprint density at radius 3 is 1.22 bits per heavy atom. The standard InChI is InChI=1S/C12H18N2O4/c1-7(9(15)16)11(3,4)13-14-12(5,6)8(2)10(17)18/h1-2H2,3-6H3,(H,15,16)(H,17,18). The highest BCUT2D eigenvalue weighted by atomic mass is 16.4. The summed E-state index contributed by atoms with van der Waals surface area (Å²) in [6.07, 6.45) is 0. The minimum absolute atomic E-state index is 0.122. The molecule has 6 heteroatoms. The van der Waals surface area contributed by atoms with E-state index in [9.17, 15) is 9.59 Å². The summed E-state index contributed by atoms with van der Waals surface area (Å²) in [5.74, 6) is -2.34. The predicted molar refractivity (Wildman–Crippen MR) is 66.6 cm³/mol. The number of hydrogen-bond donors (Lipinski definition) is 2. The van der Waals surface area contributed by atoms with Crippen molar-refractivity contribution in [2.45, 2.75) is 38.8 Å². The molecule has 0 fully saturated rings. The molecule has 0 rings (SSSR count). The van der Waals surface area contributed by atoms with E-state index in [1.165, 1.54) is 27.7 Å². The zero-order chi connectivity index (χ0) is 14.7. The number of hydrogen-bond acceptors (Lipinski definition) is 4. The number of rotatable bonds is 6. The van der Waals surface area contributed by atoms with Gasteiger partial charge in [0.15, 0.2) is 0 Å².